The first-order valence-electron chi connectivity index (χ1n) is 7.24. The third-order valence-electron chi connectivity index (χ3n) is 4.06. The van der Waals surface area contributed by atoms with Gasteiger partial charge in [-0.3, -0.25) is 0 Å². The number of hydrogen-bond acceptors (Lipinski definition) is 2. The van der Waals surface area contributed by atoms with Crippen molar-refractivity contribution in [3.63, 3.8) is 0 Å². The van der Waals surface area contributed by atoms with Crippen molar-refractivity contribution in [1.29, 1.82) is 0 Å². The molecule has 0 saturated heterocycles. The van der Waals surface area contributed by atoms with E-state index in [0.717, 1.165) is 17.8 Å². The lowest BCUT2D eigenvalue weighted by atomic mass is 9.74. The molecule has 1 aliphatic rings. The van der Waals surface area contributed by atoms with Gasteiger partial charge in [0, 0.05) is 10.4 Å². The molecule has 1 N–H and O–H groups in total. The summed E-state index contributed by atoms with van der Waals surface area (Å²) in [6.07, 6.45) is 4.15. The van der Waals surface area contributed by atoms with Gasteiger partial charge in [-0.2, -0.15) is 0 Å². The van der Waals surface area contributed by atoms with E-state index in [9.17, 15) is 0 Å². The highest BCUT2D eigenvalue weighted by atomic mass is 32.1. The number of thiophene rings is 1. The van der Waals surface area contributed by atoms with E-state index in [1.54, 1.807) is 4.88 Å². The van der Waals surface area contributed by atoms with Crippen LogP contribution in [0.2, 0.25) is 0 Å². The fraction of sp³-hybridized carbons (Fsp3) is 0.750. The zero-order valence-corrected chi connectivity index (χ0v) is 13.0. The van der Waals surface area contributed by atoms with Gasteiger partial charge in [0.05, 0.1) is 0 Å². The van der Waals surface area contributed by atoms with Gasteiger partial charge >= 0.3 is 0 Å². The van der Waals surface area contributed by atoms with E-state index in [2.05, 4.69) is 50.5 Å². The van der Waals surface area contributed by atoms with Crippen LogP contribution in [0.15, 0.2) is 17.5 Å². The van der Waals surface area contributed by atoms with Crippen LogP contribution in [0.5, 0.6) is 0 Å². The average molecular weight is 265 g/mol. The quantitative estimate of drug-likeness (QED) is 0.838. The maximum atomic E-state index is 3.70. The van der Waals surface area contributed by atoms with Crippen molar-refractivity contribution in [3.8, 4) is 0 Å². The maximum absolute atomic E-state index is 3.70. The van der Waals surface area contributed by atoms with Gasteiger partial charge in [0.25, 0.3) is 0 Å². The van der Waals surface area contributed by atoms with E-state index in [-0.39, 0.29) is 5.54 Å². The third kappa shape index (κ3) is 3.83. The molecular weight excluding hydrogens is 238 g/mol. The topological polar surface area (TPSA) is 12.0 Å². The molecule has 1 nitrogen and oxygen atoms in total. The molecule has 102 valence electrons. The van der Waals surface area contributed by atoms with Crippen LogP contribution < -0.4 is 5.32 Å². The van der Waals surface area contributed by atoms with Crippen molar-refractivity contribution in [3.05, 3.63) is 22.4 Å². The Morgan fingerprint density at radius 2 is 2.11 bits per heavy atom. The first-order valence-corrected chi connectivity index (χ1v) is 8.12. The van der Waals surface area contributed by atoms with Gasteiger partial charge in [0.2, 0.25) is 0 Å². The van der Waals surface area contributed by atoms with Gasteiger partial charge in [0.15, 0.2) is 0 Å². The molecule has 18 heavy (non-hydrogen) atoms. The predicted octanol–water partition coefficient (Wildman–Crippen LogP) is 4.66. The van der Waals surface area contributed by atoms with Gasteiger partial charge in [-0.15, -0.1) is 11.3 Å². The standard InChI is InChI=1S/C16H27NS/c1-12-7-8-13(11-17-16(2,3)4)14(10-12)15-6-5-9-18-15/h5-6,9,12-14,17H,7-8,10-11H2,1-4H3. The molecule has 0 radical (unpaired) electrons. The van der Waals surface area contributed by atoms with Crippen LogP contribution in [-0.2, 0) is 0 Å². The molecule has 3 atom stereocenters. The van der Waals surface area contributed by atoms with E-state index in [0.29, 0.717) is 0 Å². The fourth-order valence-corrected chi connectivity index (χ4v) is 3.91. The molecule has 1 fully saturated rings. The Morgan fingerprint density at radius 3 is 2.72 bits per heavy atom. The summed E-state index contributed by atoms with van der Waals surface area (Å²) >= 11 is 1.94. The van der Waals surface area contributed by atoms with E-state index in [1.165, 1.54) is 25.8 Å². The molecule has 1 saturated carbocycles. The Morgan fingerprint density at radius 1 is 1.33 bits per heavy atom. The predicted molar refractivity (Wildman–Crippen MR) is 81.3 cm³/mol. The van der Waals surface area contributed by atoms with Crippen LogP contribution in [0.4, 0.5) is 0 Å². The summed E-state index contributed by atoms with van der Waals surface area (Å²) in [4.78, 5) is 1.60. The van der Waals surface area contributed by atoms with Crippen LogP contribution in [0, 0.1) is 11.8 Å². The summed E-state index contributed by atoms with van der Waals surface area (Å²) in [5, 5.41) is 5.93. The Balaban J connectivity index is 2.02. The Bertz CT molecular complexity index is 350. The van der Waals surface area contributed by atoms with Crippen LogP contribution in [0.1, 0.15) is 57.8 Å². The maximum Gasteiger partial charge on any atom is 0.00966 e. The van der Waals surface area contributed by atoms with Crippen molar-refractivity contribution in [1.82, 2.24) is 5.32 Å². The van der Waals surface area contributed by atoms with E-state index in [1.807, 2.05) is 11.3 Å². The minimum absolute atomic E-state index is 0.239. The average Bonchev–Trinajstić information content (AvgIpc) is 2.79. The lowest BCUT2D eigenvalue weighted by molar-refractivity contribution is 0.229. The molecule has 0 amide bonds. The normalized spacial score (nSPS) is 29.4. The van der Waals surface area contributed by atoms with Crippen LogP contribution >= 0.6 is 11.3 Å². The molecule has 1 heterocycles. The second-order valence-corrected chi connectivity index (χ2v) is 7.91. The molecular formula is C16H27NS. The van der Waals surface area contributed by atoms with Crippen LogP contribution in [-0.4, -0.2) is 12.1 Å². The van der Waals surface area contributed by atoms with Gasteiger partial charge in [0.1, 0.15) is 0 Å². The Labute approximate surface area is 116 Å². The minimum Gasteiger partial charge on any atom is -0.312 e. The molecule has 0 bridgehead atoms. The van der Waals surface area contributed by atoms with Crippen molar-refractivity contribution in [2.45, 2.75) is 58.4 Å². The lowest BCUT2D eigenvalue weighted by Crippen LogP contribution is -2.41. The van der Waals surface area contributed by atoms with Crippen LogP contribution in [0.3, 0.4) is 0 Å². The first-order chi connectivity index (χ1) is 8.46. The largest absolute Gasteiger partial charge is 0.312 e. The first kappa shape index (κ1) is 14.1. The van der Waals surface area contributed by atoms with Crippen molar-refractivity contribution >= 4 is 11.3 Å². The summed E-state index contributed by atoms with van der Waals surface area (Å²) in [6.45, 7) is 10.4. The van der Waals surface area contributed by atoms with E-state index in [4.69, 9.17) is 0 Å². The second kappa shape index (κ2) is 5.75. The molecule has 2 heteroatoms. The number of rotatable bonds is 3. The molecule has 0 spiro atoms. The number of nitrogens with one attached hydrogen (secondary N) is 1. The highest BCUT2D eigenvalue weighted by Gasteiger charge is 2.30. The summed E-state index contributed by atoms with van der Waals surface area (Å²) in [5.41, 5.74) is 0.239. The van der Waals surface area contributed by atoms with Crippen molar-refractivity contribution in [2.75, 3.05) is 6.54 Å². The smallest absolute Gasteiger partial charge is 0.00966 e. The van der Waals surface area contributed by atoms with Crippen molar-refractivity contribution < 1.29 is 0 Å². The molecule has 0 aliphatic heterocycles. The van der Waals surface area contributed by atoms with E-state index >= 15 is 0 Å². The molecule has 0 aromatic carbocycles. The number of hydrogen-bond donors (Lipinski definition) is 1. The lowest BCUT2D eigenvalue weighted by Gasteiger charge is -2.36. The summed E-state index contributed by atoms with van der Waals surface area (Å²) < 4.78 is 0. The van der Waals surface area contributed by atoms with Gasteiger partial charge in [-0.25, -0.2) is 0 Å². The van der Waals surface area contributed by atoms with E-state index < -0.39 is 0 Å². The Kier molecular flexibility index (Phi) is 4.50. The molecule has 1 aromatic rings. The van der Waals surface area contributed by atoms with Gasteiger partial charge in [-0.05, 0) is 69.4 Å². The summed E-state index contributed by atoms with van der Waals surface area (Å²) in [6, 6.07) is 4.53. The minimum atomic E-state index is 0.239. The zero-order valence-electron chi connectivity index (χ0n) is 12.2. The summed E-state index contributed by atoms with van der Waals surface area (Å²) in [7, 11) is 0. The molecule has 1 aromatic heterocycles. The van der Waals surface area contributed by atoms with Crippen LogP contribution in [0.25, 0.3) is 0 Å². The zero-order chi connectivity index (χ0) is 13.2. The third-order valence-corrected chi connectivity index (χ3v) is 5.06. The molecule has 1 aliphatic carbocycles. The fourth-order valence-electron chi connectivity index (χ4n) is 2.98. The van der Waals surface area contributed by atoms with Crippen molar-refractivity contribution in [2.24, 2.45) is 11.8 Å². The SMILES string of the molecule is CC1CCC(CNC(C)(C)C)C(c2cccs2)C1. The monoisotopic (exact) mass is 265 g/mol. The second-order valence-electron chi connectivity index (χ2n) is 6.93. The highest BCUT2D eigenvalue weighted by Crippen LogP contribution is 2.41. The summed E-state index contributed by atoms with van der Waals surface area (Å²) in [5.74, 6) is 2.49. The molecule has 3 unspecified atom stereocenters. The Hall–Kier alpha value is -0.340. The van der Waals surface area contributed by atoms with Gasteiger partial charge in [-0.1, -0.05) is 19.4 Å². The highest BCUT2D eigenvalue weighted by molar-refractivity contribution is 7.10. The molecule has 2 rings (SSSR count). The van der Waals surface area contributed by atoms with Gasteiger partial charge < -0.3 is 5.32 Å².